The van der Waals surface area contributed by atoms with Gasteiger partial charge in [0.2, 0.25) is 6.10 Å². The van der Waals surface area contributed by atoms with Crippen LogP contribution in [-0.2, 0) is 30.3 Å². The highest BCUT2D eigenvalue weighted by molar-refractivity contribution is 5.91. The zero-order valence-electron chi connectivity index (χ0n) is 19.2. The number of rotatable bonds is 4. The Bertz CT molecular complexity index is 847. The summed E-state index contributed by atoms with van der Waals surface area (Å²) in [6, 6.07) is 8.45. The van der Waals surface area contributed by atoms with E-state index in [1.54, 1.807) is 39.5 Å². The average Bonchev–Trinajstić information content (AvgIpc) is 2.87. The number of β-lactam (4-membered cyclic amide) rings is 1. The fourth-order valence-corrected chi connectivity index (χ4v) is 4.40. The molecule has 2 saturated heterocycles. The Morgan fingerprint density at radius 2 is 1.74 bits per heavy atom. The number of hydrogen-bond donors (Lipinski definition) is 0. The molecule has 0 saturated carbocycles. The molecule has 1 aromatic carbocycles. The summed E-state index contributed by atoms with van der Waals surface area (Å²) >= 11 is 0. The van der Waals surface area contributed by atoms with E-state index in [9.17, 15) is 14.4 Å². The summed E-state index contributed by atoms with van der Waals surface area (Å²) in [5, 5.41) is 0. The summed E-state index contributed by atoms with van der Waals surface area (Å²) in [7, 11) is 0. The Morgan fingerprint density at radius 1 is 1.13 bits per heavy atom. The van der Waals surface area contributed by atoms with E-state index in [0.717, 1.165) is 5.56 Å². The summed E-state index contributed by atoms with van der Waals surface area (Å²) in [6.07, 6.45) is -1.92. The molecule has 2 fully saturated rings. The van der Waals surface area contributed by atoms with Crippen LogP contribution in [-0.4, -0.2) is 63.4 Å². The van der Waals surface area contributed by atoms with Gasteiger partial charge in [0.05, 0.1) is 12.1 Å². The van der Waals surface area contributed by atoms with Gasteiger partial charge in [-0.2, -0.15) is 0 Å². The van der Waals surface area contributed by atoms with Crippen LogP contribution in [0.5, 0.6) is 0 Å². The van der Waals surface area contributed by atoms with Crippen molar-refractivity contribution >= 4 is 18.0 Å². The Kier molecular flexibility index (Phi) is 6.06. The fraction of sp³-hybridized carbons (Fsp3) is 0.609. The van der Waals surface area contributed by atoms with Gasteiger partial charge < -0.3 is 19.1 Å². The van der Waals surface area contributed by atoms with Gasteiger partial charge in [0.15, 0.2) is 0 Å². The molecule has 2 aliphatic rings. The Morgan fingerprint density at radius 3 is 2.29 bits per heavy atom. The highest BCUT2D eigenvalue weighted by Crippen LogP contribution is 2.41. The second kappa shape index (κ2) is 8.15. The lowest BCUT2D eigenvalue weighted by Crippen LogP contribution is -2.73. The van der Waals surface area contributed by atoms with Gasteiger partial charge in [0.1, 0.15) is 17.4 Å². The van der Waals surface area contributed by atoms with E-state index in [2.05, 4.69) is 0 Å². The predicted octanol–water partition coefficient (Wildman–Crippen LogP) is 3.09. The smallest absolute Gasteiger partial charge is 0.412 e. The summed E-state index contributed by atoms with van der Waals surface area (Å²) in [4.78, 5) is 41.0. The molecule has 0 aliphatic carbocycles. The monoisotopic (exact) mass is 432 g/mol. The van der Waals surface area contributed by atoms with Crippen LogP contribution in [0, 0.1) is 0 Å². The van der Waals surface area contributed by atoms with E-state index in [-0.39, 0.29) is 5.91 Å². The molecule has 0 N–H and O–H groups in total. The summed E-state index contributed by atoms with van der Waals surface area (Å²) < 4.78 is 17.1. The number of ether oxygens (including phenoxy) is 3. The number of amides is 2. The third-order valence-corrected chi connectivity index (χ3v) is 5.46. The second-order valence-electron chi connectivity index (χ2n) is 9.58. The topological polar surface area (TPSA) is 85.4 Å². The molecular formula is C23H32N2O6. The predicted molar refractivity (Wildman–Crippen MR) is 113 cm³/mol. The highest BCUT2D eigenvalue weighted by atomic mass is 16.6. The Labute approximate surface area is 183 Å². The van der Waals surface area contributed by atoms with Crippen molar-refractivity contribution in [3.05, 3.63) is 35.9 Å². The van der Waals surface area contributed by atoms with Crippen LogP contribution >= 0.6 is 0 Å². The Balaban J connectivity index is 1.96. The van der Waals surface area contributed by atoms with Crippen LogP contribution in [0.15, 0.2) is 30.3 Å². The maximum atomic E-state index is 13.2. The first-order valence-corrected chi connectivity index (χ1v) is 10.5. The number of benzene rings is 1. The lowest BCUT2D eigenvalue weighted by atomic mass is 9.86. The zero-order valence-corrected chi connectivity index (χ0v) is 19.2. The average molecular weight is 433 g/mol. The molecule has 8 nitrogen and oxygen atoms in total. The van der Waals surface area contributed by atoms with Crippen molar-refractivity contribution in [2.24, 2.45) is 0 Å². The molecule has 2 aliphatic heterocycles. The van der Waals surface area contributed by atoms with Crippen LogP contribution in [0.25, 0.3) is 0 Å². The maximum absolute atomic E-state index is 13.2. The van der Waals surface area contributed by atoms with Crippen LogP contribution in [0.1, 0.15) is 54.0 Å². The van der Waals surface area contributed by atoms with Gasteiger partial charge in [-0.15, -0.1) is 0 Å². The molecule has 8 heteroatoms. The first-order chi connectivity index (χ1) is 14.3. The number of likely N-dealkylation sites (tertiary alicyclic amines) is 1. The normalized spacial score (nSPS) is 27.6. The quantitative estimate of drug-likeness (QED) is 0.537. The number of carbonyl (C=O) groups is 3. The van der Waals surface area contributed by atoms with E-state index in [0.29, 0.717) is 6.54 Å². The number of esters is 1. The molecular weight excluding hydrogens is 400 g/mol. The number of carbonyl (C=O) groups excluding carboxylic acids is 3. The third kappa shape index (κ3) is 4.69. The molecule has 2 heterocycles. The highest BCUT2D eigenvalue weighted by Gasteiger charge is 2.62. The lowest BCUT2D eigenvalue weighted by molar-refractivity contribution is -0.188. The molecule has 0 radical (unpaired) electrons. The second-order valence-corrected chi connectivity index (χ2v) is 9.58. The van der Waals surface area contributed by atoms with E-state index >= 15 is 0 Å². The SMILES string of the molecule is CC(=O)O[C@@H]1C(=O)N(Cc2ccccc2)[C@@H]1C1[C@H](C)OC(C)(C)N1C(=O)OC(C)(C)C. The van der Waals surface area contributed by atoms with Crippen molar-refractivity contribution < 1.29 is 28.6 Å². The van der Waals surface area contributed by atoms with Crippen LogP contribution < -0.4 is 0 Å². The van der Waals surface area contributed by atoms with Crippen molar-refractivity contribution in [2.45, 2.75) is 90.6 Å². The molecule has 1 unspecified atom stereocenters. The molecule has 170 valence electrons. The van der Waals surface area contributed by atoms with Crippen molar-refractivity contribution in [3.63, 3.8) is 0 Å². The molecule has 0 aromatic heterocycles. The number of nitrogens with zero attached hydrogens (tertiary/aromatic N) is 2. The maximum Gasteiger partial charge on any atom is 0.412 e. The van der Waals surface area contributed by atoms with Crippen molar-refractivity contribution in [1.82, 2.24) is 9.80 Å². The van der Waals surface area contributed by atoms with E-state index in [4.69, 9.17) is 14.2 Å². The largest absolute Gasteiger partial charge is 0.450 e. The van der Waals surface area contributed by atoms with Crippen LogP contribution in [0.3, 0.4) is 0 Å². The minimum Gasteiger partial charge on any atom is -0.450 e. The van der Waals surface area contributed by atoms with Crippen molar-refractivity contribution in [1.29, 1.82) is 0 Å². The van der Waals surface area contributed by atoms with Crippen LogP contribution in [0.4, 0.5) is 4.79 Å². The minimum absolute atomic E-state index is 0.287. The molecule has 0 spiro atoms. The van der Waals surface area contributed by atoms with Gasteiger partial charge >= 0.3 is 12.1 Å². The summed E-state index contributed by atoms with van der Waals surface area (Å²) in [5.74, 6) is -0.831. The van der Waals surface area contributed by atoms with Gasteiger partial charge in [0.25, 0.3) is 5.91 Å². The van der Waals surface area contributed by atoms with Gasteiger partial charge in [0, 0.05) is 13.5 Å². The minimum atomic E-state index is -0.976. The van der Waals surface area contributed by atoms with E-state index in [1.807, 2.05) is 37.3 Å². The van der Waals surface area contributed by atoms with E-state index < -0.39 is 47.7 Å². The standard InChI is InChI=1S/C23H32N2O6/c1-14-17(25(23(6,7)30-14)21(28)31-22(3,4)5)18-19(29-15(2)26)20(27)24(18)13-16-11-9-8-10-12-16/h8-12,14,17-19H,13H2,1-7H3/t14-,17?,18+,19-/m0/s1. The zero-order chi connectivity index (χ0) is 23.1. The van der Waals surface area contributed by atoms with Gasteiger partial charge in [-0.1, -0.05) is 30.3 Å². The summed E-state index contributed by atoms with van der Waals surface area (Å²) in [6.45, 7) is 12.4. The summed E-state index contributed by atoms with van der Waals surface area (Å²) in [5.41, 5.74) is -0.709. The Hall–Kier alpha value is -2.61. The lowest BCUT2D eigenvalue weighted by Gasteiger charge is -2.51. The first kappa shape index (κ1) is 23.1. The van der Waals surface area contributed by atoms with Gasteiger partial charge in [-0.25, -0.2) is 4.79 Å². The van der Waals surface area contributed by atoms with E-state index in [1.165, 1.54) is 11.8 Å². The van der Waals surface area contributed by atoms with Crippen molar-refractivity contribution in [3.8, 4) is 0 Å². The molecule has 2 amide bonds. The first-order valence-electron chi connectivity index (χ1n) is 10.5. The molecule has 0 bridgehead atoms. The molecule has 3 rings (SSSR count). The molecule has 4 atom stereocenters. The third-order valence-electron chi connectivity index (χ3n) is 5.46. The van der Waals surface area contributed by atoms with Gasteiger partial charge in [-0.3, -0.25) is 14.5 Å². The van der Waals surface area contributed by atoms with Gasteiger partial charge in [-0.05, 0) is 47.1 Å². The molecule has 31 heavy (non-hydrogen) atoms. The van der Waals surface area contributed by atoms with Crippen LogP contribution in [0.2, 0.25) is 0 Å². The fourth-order valence-electron chi connectivity index (χ4n) is 4.40. The van der Waals surface area contributed by atoms with Crippen molar-refractivity contribution in [2.75, 3.05) is 0 Å². The number of hydrogen-bond acceptors (Lipinski definition) is 6. The molecule has 1 aromatic rings.